The second-order valence-corrected chi connectivity index (χ2v) is 4.59. The molecule has 0 aromatic heterocycles. The van der Waals surface area contributed by atoms with E-state index in [1.807, 2.05) is 12.1 Å². The van der Waals surface area contributed by atoms with Crippen molar-refractivity contribution in [2.75, 3.05) is 18.5 Å². The average molecular weight is 286 g/mol. The number of carbonyl (C=O) groups excluding carboxylic acids is 1. The Morgan fingerprint density at radius 2 is 2.05 bits per heavy atom. The zero-order valence-electron chi connectivity index (χ0n) is 11.8. The van der Waals surface area contributed by atoms with Crippen molar-refractivity contribution < 1.29 is 14.6 Å². The highest BCUT2D eigenvalue weighted by atomic mass is 16.5. The van der Waals surface area contributed by atoms with Gasteiger partial charge in [-0.2, -0.15) is 0 Å². The molecule has 2 aromatic rings. The normalized spacial score (nSPS) is 10.2. The molecule has 0 unspecified atom stereocenters. The first kappa shape index (κ1) is 14.9. The second-order valence-electron chi connectivity index (χ2n) is 4.59. The molecule has 0 radical (unpaired) electrons. The summed E-state index contributed by atoms with van der Waals surface area (Å²) in [5.41, 5.74) is 7.21. The van der Waals surface area contributed by atoms with Gasteiger partial charge in [-0.1, -0.05) is 12.1 Å². The van der Waals surface area contributed by atoms with Gasteiger partial charge in [0.05, 0.1) is 5.69 Å². The van der Waals surface area contributed by atoms with Crippen LogP contribution in [0.5, 0.6) is 11.5 Å². The molecule has 0 saturated heterocycles. The van der Waals surface area contributed by atoms with E-state index in [2.05, 4.69) is 5.32 Å². The molecule has 0 fully saturated rings. The van der Waals surface area contributed by atoms with Gasteiger partial charge in [0.2, 0.25) is 0 Å². The van der Waals surface area contributed by atoms with Crippen LogP contribution in [0, 0.1) is 6.92 Å². The number of rotatable bonds is 5. The third-order valence-electron chi connectivity index (χ3n) is 2.97. The lowest BCUT2D eigenvalue weighted by Gasteiger charge is -2.12. The Hall–Kier alpha value is -2.53. The number of hydrogen-bond acceptors (Lipinski definition) is 4. The maximum atomic E-state index is 12.3. The number of benzene rings is 2. The zero-order valence-corrected chi connectivity index (χ0v) is 11.8. The van der Waals surface area contributed by atoms with Crippen molar-refractivity contribution in [3.63, 3.8) is 0 Å². The fraction of sp³-hybridized carbons (Fsp3) is 0.188. The van der Waals surface area contributed by atoms with Crippen molar-refractivity contribution in [2.24, 2.45) is 5.73 Å². The molecule has 0 atom stereocenters. The fourth-order valence-corrected chi connectivity index (χ4v) is 1.96. The molecule has 0 aliphatic heterocycles. The van der Waals surface area contributed by atoms with Crippen LogP contribution in [0.1, 0.15) is 15.9 Å². The first-order chi connectivity index (χ1) is 10.1. The number of nitrogens with two attached hydrogens (primary N) is 1. The number of phenolic OH excluding ortho intramolecular Hbond substituents is 1. The van der Waals surface area contributed by atoms with Crippen LogP contribution in [0.3, 0.4) is 0 Å². The highest BCUT2D eigenvalue weighted by Gasteiger charge is 2.12. The Labute approximate surface area is 123 Å². The molecule has 21 heavy (non-hydrogen) atoms. The Morgan fingerprint density at radius 1 is 1.29 bits per heavy atom. The fourth-order valence-electron chi connectivity index (χ4n) is 1.96. The van der Waals surface area contributed by atoms with Crippen molar-refractivity contribution in [1.29, 1.82) is 0 Å². The summed E-state index contributed by atoms with van der Waals surface area (Å²) in [4.78, 5) is 12.3. The van der Waals surface area contributed by atoms with Gasteiger partial charge in [0, 0.05) is 12.1 Å². The lowest BCUT2D eigenvalue weighted by molar-refractivity contribution is 0.102. The van der Waals surface area contributed by atoms with Crippen LogP contribution in [-0.4, -0.2) is 24.2 Å². The van der Waals surface area contributed by atoms with Crippen LogP contribution >= 0.6 is 0 Å². The van der Waals surface area contributed by atoms with Crippen LogP contribution in [0.25, 0.3) is 0 Å². The van der Waals surface area contributed by atoms with Gasteiger partial charge >= 0.3 is 0 Å². The molecular formula is C16H18N2O3. The highest BCUT2D eigenvalue weighted by Crippen LogP contribution is 2.25. The van der Waals surface area contributed by atoms with Gasteiger partial charge in [0.25, 0.3) is 5.91 Å². The molecule has 5 nitrogen and oxygen atoms in total. The second kappa shape index (κ2) is 6.76. The average Bonchev–Trinajstić information content (AvgIpc) is 2.46. The molecule has 1 amide bonds. The summed E-state index contributed by atoms with van der Waals surface area (Å²) in [5.74, 6) is 0.458. The van der Waals surface area contributed by atoms with Crippen molar-refractivity contribution in [1.82, 2.24) is 0 Å². The molecule has 110 valence electrons. The van der Waals surface area contributed by atoms with E-state index in [0.717, 1.165) is 0 Å². The number of para-hydroxylation sites is 2. The van der Waals surface area contributed by atoms with Crippen molar-refractivity contribution >= 4 is 11.6 Å². The summed E-state index contributed by atoms with van der Waals surface area (Å²) in [6, 6.07) is 11.8. The molecule has 0 saturated carbocycles. The smallest absolute Gasteiger partial charge is 0.256 e. The van der Waals surface area contributed by atoms with E-state index in [1.165, 1.54) is 6.07 Å². The Balaban J connectivity index is 2.19. The van der Waals surface area contributed by atoms with E-state index in [1.54, 1.807) is 31.2 Å². The number of hydrogen-bond donors (Lipinski definition) is 3. The topological polar surface area (TPSA) is 84.6 Å². The van der Waals surface area contributed by atoms with Crippen LogP contribution in [0.2, 0.25) is 0 Å². The largest absolute Gasteiger partial charge is 0.508 e. The number of carbonyl (C=O) groups is 1. The molecule has 5 heteroatoms. The van der Waals surface area contributed by atoms with E-state index in [0.29, 0.717) is 35.7 Å². The van der Waals surface area contributed by atoms with E-state index in [-0.39, 0.29) is 11.7 Å². The Kier molecular flexibility index (Phi) is 4.79. The maximum absolute atomic E-state index is 12.3. The predicted molar refractivity (Wildman–Crippen MR) is 81.8 cm³/mol. The highest BCUT2D eigenvalue weighted by molar-refractivity contribution is 6.06. The molecule has 2 aromatic carbocycles. The molecule has 4 N–H and O–H groups in total. The molecule has 2 rings (SSSR count). The van der Waals surface area contributed by atoms with Crippen LogP contribution in [0.15, 0.2) is 42.5 Å². The number of aryl methyl sites for hydroxylation is 1. The van der Waals surface area contributed by atoms with Crippen LogP contribution < -0.4 is 15.8 Å². The minimum absolute atomic E-state index is 0.135. The van der Waals surface area contributed by atoms with Crippen molar-refractivity contribution in [3.05, 3.63) is 53.6 Å². The molecule has 0 heterocycles. The van der Waals surface area contributed by atoms with Gasteiger partial charge in [-0.25, -0.2) is 0 Å². The van der Waals surface area contributed by atoms with Gasteiger partial charge in [-0.15, -0.1) is 0 Å². The molecule has 0 bridgehead atoms. The van der Waals surface area contributed by atoms with Gasteiger partial charge in [0.15, 0.2) is 0 Å². The minimum Gasteiger partial charge on any atom is -0.508 e. The number of nitrogens with one attached hydrogen (secondary N) is 1. The van der Waals surface area contributed by atoms with E-state index in [4.69, 9.17) is 10.5 Å². The van der Waals surface area contributed by atoms with E-state index in [9.17, 15) is 9.90 Å². The monoisotopic (exact) mass is 286 g/mol. The molecule has 0 aliphatic carbocycles. The quantitative estimate of drug-likeness (QED) is 0.787. The summed E-state index contributed by atoms with van der Waals surface area (Å²) in [5, 5.41) is 12.2. The van der Waals surface area contributed by atoms with Crippen LogP contribution in [-0.2, 0) is 0 Å². The van der Waals surface area contributed by atoms with Gasteiger partial charge in [-0.05, 0) is 42.8 Å². The molecular weight excluding hydrogens is 268 g/mol. The summed E-state index contributed by atoms with van der Waals surface area (Å²) in [6.45, 7) is 2.55. The van der Waals surface area contributed by atoms with Crippen LogP contribution in [0.4, 0.5) is 5.69 Å². The van der Waals surface area contributed by atoms with E-state index < -0.39 is 0 Å². The summed E-state index contributed by atoms with van der Waals surface area (Å²) < 4.78 is 5.49. The first-order valence-electron chi connectivity index (χ1n) is 6.64. The number of ether oxygens (including phenoxy) is 1. The zero-order chi connectivity index (χ0) is 15.2. The lowest BCUT2D eigenvalue weighted by Crippen LogP contribution is -2.15. The van der Waals surface area contributed by atoms with Crippen molar-refractivity contribution in [3.8, 4) is 11.5 Å². The minimum atomic E-state index is -0.253. The standard InChI is InChI=1S/C16H18N2O3/c1-11-10-12(19)6-7-13(11)16(20)18-14-4-2-3-5-15(14)21-9-8-17/h2-7,10,19H,8-9,17H2,1H3,(H,18,20). The van der Waals surface area contributed by atoms with Gasteiger partial charge in [-0.3, -0.25) is 4.79 Å². The third-order valence-corrected chi connectivity index (χ3v) is 2.97. The Bertz CT molecular complexity index is 641. The third kappa shape index (κ3) is 3.73. The van der Waals surface area contributed by atoms with Crippen molar-refractivity contribution in [2.45, 2.75) is 6.92 Å². The first-order valence-corrected chi connectivity index (χ1v) is 6.64. The number of anilines is 1. The Morgan fingerprint density at radius 3 is 2.76 bits per heavy atom. The summed E-state index contributed by atoms with van der Waals surface area (Å²) >= 11 is 0. The molecule has 0 aliphatic rings. The predicted octanol–water partition coefficient (Wildman–Crippen LogP) is 2.29. The number of aromatic hydroxyl groups is 1. The molecule has 0 spiro atoms. The number of phenols is 1. The van der Waals surface area contributed by atoms with Gasteiger partial charge < -0.3 is 20.9 Å². The SMILES string of the molecule is Cc1cc(O)ccc1C(=O)Nc1ccccc1OCCN. The lowest BCUT2D eigenvalue weighted by atomic mass is 10.1. The van der Waals surface area contributed by atoms with Gasteiger partial charge in [0.1, 0.15) is 18.1 Å². The number of amides is 1. The maximum Gasteiger partial charge on any atom is 0.256 e. The van der Waals surface area contributed by atoms with E-state index >= 15 is 0 Å². The summed E-state index contributed by atoms with van der Waals surface area (Å²) in [7, 11) is 0. The summed E-state index contributed by atoms with van der Waals surface area (Å²) in [6.07, 6.45) is 0.